The highest BCUT2D eigenvalue weighted by Crippen LogP contribution is 2.04. The van der Waals surface area contributed by atoms with Crippen LogP contribution in [-0.4, -0.2) is 11.0 Å². The Morgan fingerprint density at radius 3 is 2.20 bits per heavy atom. The van der Waals surface area contributed by atoms with Crippen molar-refractivity contribution in [3.63, 3.8) is 0 Å². The number of Topliss-reactive ketones (excluding diaryl/α,β-unsaturated/α-hetero) is 1. The molecule has 0 aromatic rings. The van der Waals surface area contributed by atoms with Gasteiger partial charge < -0.3 is 0 Å². The fourth-order valence-corrected chi connectivity index (χ4v) is 0.613. The van der Waals surface area contributed by atoms with Crippen molar-refractivity contribution in [1.29, 1.82) is 0 Å². The first-order valence-corrected chi connectivity index (χ1v) is 3.64. The van der Waals surface area contributed by atoms with Crippen molar-refractivity contribution < 1.29 is 9.59 Å². The Morgan fingerprint density at radius 2 is 1.90 bits per heavy atom. The lowest BCUT2D eigenvalue weighted by molar-refractivity contribution is -0.132. The molecule has 0 aromatic carbocycles. The van der Waals surface area contributed by atoms with Crippen LogP contribution in [0.2, 0.25) is 0 Å². The summed E-state index contributed by atoms with van der Waals surface area (Å²) in [6.45, 7) is 3.98. The smallest absolute Gasteiger partial charge is 0.288 e. The summed E-state index contributed by atoms with van der Waals surface area (Å²) in [6, 6.07) is 0. The van der Waals surface area contributed by atoms with E-state index in [9.17, 15) is 9.59 Å². The van der Waals surface area contributed by atoms with Crippen molar-refractivity contribution in [3.05, 3.63) is 0 Å². The highest BCUT2D eigenvalue weighted by atomic mass is 35.5. The van der Waals surface area contributed by atoms with Gasteiger partial charge in [0.1, 0.15) is 0 Å². The van der Waals surface area contributed by atoms with Gasteiger partial charge >= 0.3 is 0 Å². The molecule has 0 N–H and O–H groups in total. The van der Waals surface area contributed by atoms with Gasteiger partial charge in [-0.3, -0.25) is 9.59 Å². The Kier molecular flexibility index (Phi) is 4.28. The Bertz CT molecular complexity index is 141. The van der Waals surface area contributed by atoms with Crippen molar-refractivity contribution in [2.24, 2.45) is 5.92 Å². The third-order valence-electron chi connectivity index (χ3n) is 1.17. The number of hydrogen-bond donors (Lipinski definition) is 0. The molecule has 0 aliphatic rings. The normalized spacial score (nSPS) is 10.0. The van der Waals surface area contributed by atoms with Crippen LogP contribution >= 0.6 is 11.6 Å². The lowest BCUT2D eigenvalue weighted by atomic mass is 10.1. The minimum Gasteiger partial charge on any atom is -0.289 e. The zero-order valence-electron chi connectivity index (χ0n) is 6.19. The molecule has 10 heavy (non-hydrogen) atoms. The summed E-state index contributed by atoms with van der Waals surface area (Å²) < 4.78 is 0. The molecule has 2 nitrogen and oxygen atoms in total. The van der Waals surface area contributed by atoms with E-state index in [4.69, 9.17) is 11.6 Å². The largest absolute Gasteiger partial charge is 0.289 e. The highest BCUT2D eigenvalue weighted by molar-refractivity contribution is 6.81. The Hall–Kier alpha value is -0.370. The second kappa shape index (κ2) is 4.45. The highest BCUT2D eigenvalue weighted by Gasteiger charge is 2.09. The summed E-state index contributed by atoms with van der Waals surface area (Å²) in [5, 5.41) is -0.847. The maximum Gasteiger partial charge on any atom is 0.288 e. The van der Waals surface area contributed by atoms with E-state index in [0.717, 1.165) is 6.42 Å². The number of carbonyl (C=O) groups excluding carboxylic acids is 2. The van der Waals surface area contributed by atoms with Crippen molar-refractivity contribution in [2.75, 3.05) is 0 Å². The van der Waals surface area contributed by atoms with E-state index >= 15 is 0 Å². The van der Waals surface area contributed by atoms with Gasteiger partial charge in [0.15, 0.2) is 0 Å². The number of carbonyl (C=O) groups is 2. The molecule has 0 saturated carbocycles. The Balaban J connectivity index is 3.50. The van der Waals surface area contributed by atoms with E-state index < -0.39 is 11.0 Å². The first-order valence-electron chi connectivity index (χ1n) is 3.26. The topological polar surface area (TPSA) is 34.1 Å². The van der Waals surface area contributed by atoms with Gasteiger partial charge in [0, 0.05) is 6.42 Å². The predicted molar refractivity (Wildman–Crippen MR) is 39.9 cm³/mol. The number of ketones is 1. The average molecular weight is 163 g/mol. The molecular weight excluding hydrogens is 152 g/mol. The molecule has 3 heteroatoms. The second-order valence-electron chi connectivity index (χ2n) is 2.63. The average Bonchev–Trinajstić information content (AvgIpc) is 1.82. The van der Waals surface area contributed by atoms with Gasteiger partial charge in [-0.1, -0.05) is 13.8 Å². The molecule has 0 fully saturated rings. The number of halogens is 1. The maximum atomic E-state index is 10.6. The van der Waals surface area contributed by atoms with Gasteiger partial charge in [0.25, 0.3) is 5.24 Å². The van der Waals surface area contributed by atoms with Crippen LogP contribution < -0.4 is 0 Å². The van der Waals surface area contributed by atoms with Gasteiger partial charge in [0.2, 0.25) is 5.78 Å². The van der Waals surface area contributed by atoms with Crippen LogP contribution in [0.5, 0.6) is 0 Å². The fourth-order valence-electron chi connectivity index (χ4n) is 0.518. The second-order valence-corrected chi connectivity index (χ2v) is 2.97. The lowest BCUT2D eigenvalue weighted by Crippen LogP contribution is -2.07. The molecule has 58 valence electrons. The molecule has 0 saturated heterocycles. The molecule has 0 unspecified atom stereocenters. The molecule has 0 aliphatic heterocycles. The van der Waals surface area contributed by atoms with Gasteiger partial charge in [-0.2, -0.15) is 0 Å². The molecule has 0 heterocycles. The van der Waals surface area contributed by atoms with E-state index in [2.05, 4.69) is 0 Å². The minimum atomic E-state index is -0.847. The maximum absolute atomic E-state index is 10.6. The summed E-state index contributed by atoms with van der Waals surface area (Å²) >= 11 is 4.92. The van der Waals surface area contributed by atoms with Gasteiger partial charge in [-0.25, -0.2) is 0 Å². The molecule has 0 aromatic heterocycles. The zero-order chi connectivity index (χ0) is 8.15. The lowest BCUT2D eigenvalue weighted by Gasteiger charge is -1.99. The van der Waals surface area contributed by atoms with Crippen LogP contribution in [-0.2, 0) is 9.59 Å². The molecule has 0 amide bonds. The summed E-state index contributed by atoms with van der Waals surface area (Å²) in [7, 11) is 0. The molecule has 0 spiro atoms. The predicted octanol–water partition coefficient (Wildman–Crippen LogP) is 1.76. The quantitative estimate of drug-likeness (QED) is 0.466. The Labute approximate surface area is 65.6 Å². The summed E-state index contributed by atoms with van der Waals surface area (Å²) in [6.07, 6.45) is 1.01. The van der Waals surface area contributed by atoms with Crippen LogP contribution in [0.1, 0.15) is 26.7 Å². The number of hydrogen-bond acceptors (Lipinski definition) is 2. The van der Waals surface area contributed by atoms with Crippen molar-refractivity contribution in [3.8, 4) is 0 Å². The monoisotopic (exact) mass is 162 g/mol. The third-order valence-corrected chi connectivity index (χ3v) is 1.38. The van der Waals surface area contributed by atoms with Crippen LogP contribution in [0.3, 0.4) is 0 Å². The van der Waals surface area contributed by atoms with Crippen molar-refractivity contribution in [1.82, 2.24) is 0 Å². The minimum absolute atomic E-state index is 0.278. The Morgan fingerprint density at radius 1 is 1.40 bits per heavy atom. The molecule has 0 aliphatic carbocycles. The van der Waals surface area contributed by atoms with E-state index in [1.165, 1.54) is 0 Å². The van der Waals surface area contributed by atoms with E-state index in [-0.39, 0.29) is 6.42 Å². The van der Waals surface area contributed by atoms with Crippen LogP contribution in [0, 0.1) is 5.92 Å². The van der Waals surface area contributed by atoms with E-state index in [1.807, 2.05) is 13.8 Å². The third kappa shape index (κ3) is 4.50. The summed E-state index contributed by atoms with van der Waals surface area (Å²) in [5.74, 6) is -0.0321. The number of rotatable bonds is 4. The first-order chi connectivity index (χ1) is 4.54. The molecule has 0 bridgehead atoms. The standard InChI is InChI=1S/C7H11ClO2/c1-5(2)3-4-6(9)7(8)10/h5H,3-4H2,1-2H3. The van der Waals surface area contributed by atoms with E-state index in [1.54, 1.807) is 0 Å². The molecular formula is C7H11ClO2. The van der Waals surface area contributed by atoms with Crippen LogP contribution in [0.4, 0.5) is 0 Å². The molecule has 0 atom stereocenters. The van der Waals surface area contributed by atoms with Crippen molar-refractivity contribution in [2.45, 2.75) is 26.7 Å². The van der Waals surface area contributed by atoms with E-state index in [0.29, 0.717) is 5.92 Å². The zero-order valence-corrected chi connectivity index (χ0v) is 6.94. The first kappa shape index (κ1) is 9.63. The van der Waals surface area contributed by atoms with Gasteiger partial charge in [-0.15, -0.1) is 0 Å². The van der Waals surface area contributed by atoms with Crippen LogP contribution in [0.25, 0.3) is 0 Å². The summed E-state index contributed by atoms with van der Waals surface area (Å²) in [5.41, 5.74) is 0. The van der Waals surface area contributed by atoms with Gasteiger partial charge in [-0.05, 0) is 23.9 Å². The summed E-state index contributed by atoms with van der Waals surface area (Å²) in [4.78, 5) is 20.7. The SMILES string of the molecule is CC(C)CCC(=O)C(=O)Cl. The molecule has 0 radical (unpaired) electrons. The van der Waals surface area contributed by atoms with Gasteiger partial charge in [0.05, 0.1) is 0 Å². The fraction of sp³-hybridized carbons (Fsp3) is 0.714. The molecule has 0 rings (SSSR count). The van der Waals surface area contributed by atoms with Crippen LogP contribution in [0.15, 0.2) is 0 Å². The van der Waals surface area contributed by atoms with Crippen molar-refractivity contribution >= 4 is 22.6 Å².